The van der Waals surface area contributed by atoms with Crippen molar-refractivity contribution in [2.45, 2.75) is 70.2 Å². The summed E-state index contributed by atoms with van der Waals surface area (Å²) in [6.45, 7) is 6.20. The fourth-order valence-electron chi connectivity index (χ4n) is 3.09. The highest BCUT2D eigenvalue weighted by atomic mass is 32.2. The summed E-state index contributed by atoms with van der Waals surface area (Å²) in [4.78, 5) is 0.339. The monoisotopic (exact) mass is 325 g/mol. The van der Waals surface area contributed by atoms with Gasteiger partial charge in [0.1, 0.15) is 5.75 Å². The Morgan fingerprint density at radius 2 is 1.73 bits per heavy atom. The largest absolute Gasteiger partial charge is 0.494 e. The lowest BCUT2D eigenvalue weighted by Gasteiger charge is -2.18. The molecule has 1 aliphatic rings. The molecule has 1 aromatic rings. The molecule has 1 aromatic carbocycles. The van der Waals surface area contributed by atoms with Gasteiger partial charge < -0.3 is 4.74 Å². The van der Waals surface area contributed by atoms with Crippen molar-refractivity contribution in [3.8, 4) is 5.75 Å². The fourth-order valence-corrected chi connectivity index (χ4v) is 4.64. The lowest BCUT2D eigenvalue weighted by molar-refractivity contribution is 0.336. The van der Waals surface area contributed by atoms with Crippen LogP contribution in [0.25, 0.3) is 0 Å². The number of hydrogen-bond donors (Lipinski definition) is 1. The molecule has 0 heterocycles. The van der Waals surface area contributed by atoms with E-state index in [-0.39, 0.29) is 6.04 Å². The summed E-state index contributed by atoms with van der Waals surface area (Å²) in [7, 11) is -3.49. The molecule has 0 amide bonds. The first-order valence-corrected chi connectivity index (χ1v) is 9.68. The van der Waals surface area contributed by atoms with E-state index in [1.54, 1.807) is 6.07 Å². The quantitative estimate of drug-likeness (QED) is 0.840. The predicted molar refractivity (Wildman–Crippen MR) is 88.9 cm³/mol. The lowest BCUT2D eigenvalue weighted by Crippen LogP contribution is -2.34. The van der Waals surface area contributed by atoms with Crippen molar-refractivity contribution in [1.82, 2.24) is 4.72 Å². The van der Waals surface area contributed by atoms with Gasteiger partial charge in [-0.25, -0.2) is 13.1 Å². The Morgan fingerprint density at radius 3 is 2.32 bits per heavy atom. The van der Waals surface area contributed by atoms with Crippen molar-refractivity contribution in [2.24, 2.45) is 0 Å². The molecule has 0 saturated heterocycles. The minimum absolute atomic E-state index is 0.0590. The summed E-state index contributed by atoms with van der Waals surface area (Å²) >= 11 is 0. The molecular formula is C17H27NO3S. The second kappa shape index (κ2) is 7.47. The van der Waals surface area contributed by atoms with Crippen LogP contribution < -0.4 is 9.46 Å². The van der Waals surface area contributed by atoms with Gasteiger partial charge in [-0.05, 0) is 44.7 Å². The average Bonchev–Trinajstić information content (AvgIpc) is 2.69. The van der Waals surface area contributed by atoms with Gasteiger partial charge in [0.05, 0.1) is 11.5 Å². The van der Waals surface area contributed by atoms with Gasteiger partial charge in [0.25, 0.3) is 0 Å². The molecule has 0 spiro atoms. The summed E-state index contributed by atoms with van der Waals surface area (Å²) in [5.41, 5.74) is 1.73. The van der Waals surface area contributed by atoms with Crippen LogP contribution in [0, 0.1) is 13.8 Å². The van der Waals surface area contributed by atoms with Crippen LogP contribution in [0.2, 0.25) is 0 Å². The summed E-state index contributed by atoms with van der Waals surface area (Å²) < 4.78 is 33.9. The first-order valence-electron chi connectivity index (χ1n) is 8.20. The molecule has 0 radical (unpaired) electrons. The third-order valence-electron chi connectivity index (χ3n) is 4.24. The number of ether oxygens (including phenoxy) is 1. The summed E-state index contributed by atoms with van der Waals surface area (Å²) in [6, 6.07) is 3.60. The summed E-state index contributed by atoms with van der Waals surface area (Å²) in [5.74, 6) is 0.648. The van der Waals surface area contributed by atoms with E-state index in [1.807, 2.05) is 26.8 Å². The Morgan fingerprint density at radius 1 is 1.09 bits per heavy atom. The summed E-state index contributed by atoms with van der Waals surface area (Å²) in [6.07, 6.45) is 6.48. The van der Waals surface area contributed by atoms with Gasteiger partial charge in [0.2, 0.25) is 10.0 Å². The maximum atomic E-state index is 12.7. The van der Waals surface area contributed by atoms with Crippen LogP contribution >= 0.6 is 0 Å². The molecule has 1 aliphatic carbocycles. The van der Waals surface area contributed by atoms with Crippen molar-refractivity contribution in [3.05, 3.63) is 23.3 Å². The van der Waals surface area contributed by atoms with Crippen LogP contribution in [0.15, 0.2) is 17.0 Å². The second-order valence-electron chi connectivity index (χ2n) is 6.13. The van der Waals surface area contributed by atoms with E-state index < -0.39 is 10.0 Å². The molecule has 4 nitrogen and oxygen atoms in total. The molecule has 1 N–H and O–H groups in total. The number of benzene rings is 1. The molecule has 0 aliphatic heterocycles. The Bertz CT molecular complexity index is 603. The van der Waals surface area contributed by atoms with Crippen LogP contribution in [-0.4, -0.2) is 21.1 Å². The van der Waals surface area contributed by atoms with Gasteiger partial charge in [-0.3, -0.25) is 0 Å². The molecule has 1 saturated carbocycles. The molecule has 2 rings (SSSR count). The number of hydrogen-bond acceptors (Lipinski definition) is 3. The minimum atomic E-state index is -3.49. The van der Waals surface area contributed by atoms with Gasteiger partial charge in [-0.2, -0.15) is 0 Å². The Labute approximate surface area is 134 Å². The predicted octanol–water partition coefficient (Wildman–Crippen LogP) is 3.70. The minimum Gasteiger partial charge on any atom is -0.494 e. The lowest BCUT2D eigenvalue weighted by atomic mass is 10.1. The van der Waals surface area contributed by atoms with E-state index in [1.165, 1.54) is 12.8 Å². The van der Waals surface area contributed by atoms with Crippen molar-refractivity contribution >= 4 is 10.0 Å². The molecular weight excluding hydrogens is 298 g/mol. The maximum absolute atomic E-state index is 12.7. The number of aryl methyl sites for hydroxylation is 2. The van der Waals surface area contributed by atoms with E-state index in [0.29, 0.717) is 17.3 Å². The SMILES string of the molecule is CCOc1cc(S(=O)(=O)NC2CCCCCC2)c(C)cc1C. The van der Waals surface area contributed by atoms with Crippen molar-refractivity contribution in [3.63, 3.8) is 0 Å². The van der Waals surface area contributed by atoms with Gasteiger partial charge in [0.15, 0.2) is 0 Å². The molecule has 124 valence electrons. The highest BCUT2D eigenvalue weighted by molar-refractivity contribution is 7.89. The Kier molecular flexibility index (Phi) is 5.87. The first kappa shape index (κ1) is 17.3. The zero-order valence-electron chi connectivity index (χ0n) is 13.8. The smallest absolute Gasteiger partial charge is 0.241 e. The van der Waals surface area contributed by atoms with Crippen molar-refractivity contribution in [1.29, 1.82) is 0 Å². The third-order valence-corrected chi connectivity index (χ3v) is 5.90. The Hall–Kier alpha value is -1.07. The van der Waals surface area contributed by atoms with Crippen LogP contribution in [0.3, 0.4) is 0 Å². The number of nitrogens with one attached hydrogen (secondary N) is 1. The van der Waals surface area contributed by atoms with Gasteiger partial charge >= 0.3 is 0 Å². The van der Waals surface area contributed by atoms with Crippen molar-refractivity contribution in [2.75, 3.05) is 6.61 Å². The number of sulfonamides is 1. The molecule has 5 heteroatoms. The number of rotatable bonds is 5. The first-order chi connectivity index (χ1) is 10.4. The molecule has 1 fully saturated rings. The topological polar surface area (TPSA) is 55.4 Å². The van der Waals surface area contributed by atoms with E-state index in [4.69, 9.17) is 4.74 Å². The van der Waals surface area contributed by atoms with E-state index in [9.17, 15) is 8.42 Å². The molecule has 22 heavy (non-hydrogen) atoms. The van der Waals surface area contributed by atoms with Crippen LogP contribution in [-0.2, 0) is 10.0 Å². The van der Waals surface area contributed by atoms with Crippen LogP contribution in [0.5, 0.6) is 5.75 Å². The zero-order chi connectivity index (χ0) is 16.2. The van der Waals surface area contributed by atoms with E-state index in [2.05, 4.69) is 4.72 Å². The van der Waals surface area contributed by atoms with E-state index in [0.717, 1.165) is 36.8 Å². The molecule has 0 aromatic heterocycles. The van der Waals surface area contributed by atoms with Gasteiger partial charge in [-0.15, -0.1) is 0 Å². The molecule has 0 unspecified atom stereocenters. The van der Waals surface area contributed by atoms with E-state index >= 15 is 0 Å². The normalized spacial score (nSPS) is 17.2. The third kappa shape index (κ3) is 4.23. The highest BCUT2D eigenvalue weighted by Crippen LogP contribution is 2.27. The molecule has 0 atom stereocenters. The van der Waals surface area contributed by atoms with Gasteiger partial charge in [-0.1, -0.05) is 31.7 Å². The highest BCUT2D eigenvalue weighted by Gasteiger charge is 2.23. The Balaban J connectivity index is 2.26. The molecule has 0 bridgehead atoms. The van der Waals surface area contributed by atoms with Crippen molar-refractivity contribution < 1.29 is 13.2 Å². The maximum Gasteiger partial charge on any atom is 0.241 e. The second-order valence-corrected chi connectivity index (χ2v) is 7.81. The van der Waals surface area contributed by atoms with Crippen LogP contribution in [0.4, 0.5) is 0 Å². The average molecular weight is 325 g/mol. The summed E-state index contributed by atoms with van der Waals surface area (Å²) in [5, 5.41) is 0. The fraction of sp³-hybridized carbons (Fsp3) is 0.647. The standard InChI is InChI=1S/C17H27NO3S/c1-4-21-16-12-17(14(3)11-13(16)2)22(19,20)18-15-9-7-5-6-8-10-15/h11-12,15,18H,4-10H2,1-3H3. The zero-order valence-corrected chi connectivity index (χ0v) is 14.6. The van der Waals surface area contributed by atoms with Gasteiger partial charge in [0, 0.05) is 12.1 Å². The van der Waals surface area contributed by atoms with Crippen LogP contribution in [0.1, 0.15) is 56.6 Å².